The zero-order valence-electron chi connectivity index (χ0n) is 27.9. The van der Waals surface area contributed by atoms with E-state index in [9.17, 15) is 0 Å². The topological polar surface area (TPSA) is 38.9 Å². The van der Waals surface area contributed by atoms with E-state index in [0.29, 0.717) is 0 Å². The molecule has 0 spiro atoms. The number of benzene rings is 3. The van der Waals surface area contributed by atoms with Crippen molar-refractivity contribution in [1.29, 1.82) is 0 Å². The van der Waals surface area contributed by atoms with E-state index in [4.69, 9.17) is 9.40 Å². The summed E-state index contributed by atoms with van der Waals surface area (Å²) in [4.78, 5) is 9.33. The summed E-state index contributed by atoms with van der Waals surface area (Å²) in [5, 5.41) is 3.94. The fourth-order valence-corrected chi connectivity index (χ4v) is 87.9. The minimum atomic E-state index is -1.62. The smallest absolute Gasteiger partial charge is 0.120 e. The van der Waals surface area contributed by atoms with Crippen molar-refractivity contribution in [3.8, 4) is 22.5 Å². The van der Waals surface area contributed by atoms with Crippen LogP contribution in [0.4, 0.5) is 0 Å². The van der Waals surface area contributed by atoms with Gasteiger partial charge in [-0.25, -0.2) is 0 Å². The molecule has 3 heterocycles. The van der Waals surface area contributed by atoms with E-state index in [-0.39, 0.29) is 20.1 Å². The van der Waals surface area contributed by atoms with E-state index < -0.39 is 30.1 Å². The number of pyridine rings is 2. The van der Waals surface area contributed by atoms with Crippen molar-refractivity contribution in [2.75, 3.05) is 0 Å². The molecule has 0 aliphatic carbocycles. The third kappa shape index (κ3) is 6.73. The Balaban J connectivity index is 0.000000296. The minimum Gasteiger partial charge on any atom is -0.501 e. The van der Waals surface area contributed by atoms with Gasteiger partial charge < -0.3 is 14.4 Å². The van der Waals surface area contributed by atoms with Crippen LogP contribution in [-0.2, 0) is 20.1 Å². The van der Waals surface area contributed by atoms with Gasteiger partial charge in [0.2, 0.25) is 0 Å². The summed E-state index contributed by atoms with van der Waals surface area (Å²) in [6.07, 6.45) is 4.07. The molecule has 0 atom stereocenters. The molecule has 234 valence electrons. The molecule has 6 rings (SSSR count). The Bertz CT molecular complexity index is 1830. The molecule has 0 amide bonds. The number of rotatable bonds is 6. The van der Waals surface area contributed by atoms with E-state index in [1.165, 1.54) is 5.56 Å². The summed E-state index contributed by atoms with van der Waals surface area (Å²) < 4.78 is 6.28. The molecule has 45 heavy (non-hydrogen) atoms. The number of hydrogen-bond donors (Lipinski definition) is 0. The fraction of sp³-hybridized carbons (Fsp3) is 0.243. The predicted octanol–water partition coefficient (Wildman–Crippen LogP) is 9.62. The maximum absolute atomic E-state index is 6.28. The molecule has 0 aliphatic rings. The molecule has 6 aromatic rings. The average molecular weight is 836 g/mol. The van der Waals surface area contributed by atoms with E-state index in [1.54, 1.807) is 11.4 Å². The normalized spacial score (nSPS) is 12.1. The van der Waals surface area contributed by atoms with Crippen LogP contribution in [0.5, 0.6) is 0 Å². The van der Waals surface area contributed by atoms with Crippen molar-refractivity contribution in [2.45, 2.75) is 59.3 Å². The Kier molecular flexibility index (Phi) is 10.9. The number of aromatic nitrogens is 2. The minimum absolute atomic E-state index is 0. The molecule has 0 saturated heterocycles. The summed E-state index contributed by atoms with van der Waals surface area (Å²) in [5.74, 6) is 0. The molecule has 3 aromatic carbocycles. The monoisotopic (exact) mass is 836 g/mol. The first-order valence-electron chi connectivity index (χ1n) is 15.3. The number of aryl methyl sites for hydroxylation is 1. The molecular weight excluding hydrogens is 793 g/mol. The first-order valence-corrected chi connectivity index (χ1v) is 29.8. The van der Waals surface area contributed by atoms with E-state index in [2.05, 4.69) is 107 Å². The molecule has 0 unspecified atom stereocenters. The Morgan fingerprint density at radius 3 is 2.00 bits per heavy atom. The van der Waals surface area contributed by atoms with Crippen LogP contribution < -0.4 is 5.19 Å². The Morgan fingerprint density at radius 2 is 1.40 bits per heavy atom. The molecule has 3 aromatic heterocycles. The fourth-order valence-electron chi connectivity index (χ4n) is 7.74. The first-order chi connectivity index (χ1) is 20.9. The van der Waals surface area contributed by atoms with E-state index >= 15 is 0 Å². The summed E-state index contributed by atoms with van der Waals surface area (Å²) in [7, 11) is -3.23. The molecule has 0 aliphatic heterocycles. The van der Waals surface area contributed by atoms with Gasteiger partial charge in [-0.05, 0) is 35.6 Å². The van der Waals surface area contributed by atoms with Gasteiger partial charge in [-0.2, -0.15) is 0 Å². The van der Waals surface area contributed by atoms with Crippen molar-refractivity contribution in [2.24, 2.45) is 0 Å². The molecule has 2 radical (unpaired) electrons. The van der Waals surface area contributed by atoms with Crippen LogP contribution in [0.15, 0.2) is 102 Å². The van der Waals surface area contributed by atoms with Gasteiger partial charge in [0.05, 0.1) is 12.2 Å². The zero-order valence-corrected chi connectivity index (χ0v) is 34.3. The van der Waals surface area contributed by atoms with Gasteiger partial charge in [0.25, 0.3) is 0 Å². The summed E-state index contributed by atoms with van der Waals surface area (Å²) in [5.41, 5.74) is 7.20. The van der Waals surface area contributed by atoms with Crippen molar-refractivity contribution in [1.82, 2.24) is 9.97 Å². The second kappa shape index (κ2) is 14.0. The summed E-state index contributed by atoms with van der Waals surface area (Å²) >= 11 is 0. The maximum Gasteiger partial charge on any atom is 0.120 e. The standard InChI is InChI=1S/C26H35NOSi4.C11H8N.Ir/c1-19-17-23(22-15-12-14-21-20-13-10-11-16-24(20)28-26(21)22)27-18-25(19)32(29(2)3,30(4,5)6)31(7,8)9;1-2-6-10(7-3-1)11-8-4-5-9-12-11;/h10-14,16-18H,1-9H3;1-6,8-9H;/q2*-1;. The van der Waals surface area contributed by atoms with Gasteiger partial charge in [-0.15, -0.1) is 54.1 Å². The number of para-hydroxylation sites is 1. The van der Waals surface area contributed by atoms with Crippen molar-refractivity contribution < 1.29 is 24.5 Å². The molecule has 0 bridgehead atoms. The van der Waals surface area contributed by atoms with Gasteiger partial charge in [0.1, 0.15) is 5.58 Å². The molecular formula is C37H43IrN2OSi4-2. The first kappa shape index (κ1) is 35.1. The molecule has 8 heteroatoms. The van der Waals surface area contributed by atoms with Crippen LogP contribution in [-0.4, -0.2) is 40.1 Å². The van der Waals surface area contributed by atoms with Crippen LogP contribution in [0.2, 0.25) is 52.4 Å². The molecule has 3 nitrogen and oxygen atoms in total. The molecule has 0 N–H and O–H groups in total. The van der Waals surface area contributed by atoms with Crippen LogP contribution in [0.25, 0.3) is 44.5 Å². The van der Waals surface area contributed by atoms with Crippen molar-refractivity contribution >= 4 is 57.2 Å². The third-order valence-corrected chi connectivity index (χ3v) is 72.5. The third-order valence-electron chi connectivity index (χ3n) is 8.76. The summed E-state index contributed by atoms with van der Waals surface area (Å²) in [6.45, 7) is 21.7. The van der Waals surface area contributed by atoms with Crippen LogP contribution in [0, 0.1) is 19.1 Å². The number of fused-ring (bicyclic) bond motifs is 3. The second-order valence-corrected chi connectivity index (χ2v) is 50.1. The van der Waals surface area contributed by atoms with Crippen molar-refractivity contribution in [3.05, 3.63) is 115 Å². The maximum atomic E-state index is 6.28. The number of hydrogen-bond acceptors (Lipinski definition) is 3. The quantitative estimate of drug-likeness (QED) is 0.124. The van der Waals surface area contributed by atoms with E-state index in [0.717, 1.165) is 44.5 Å². The molecule has 0 fully saturated rings. The van der Waals surface area contributed by atoms with Gasteiger partial charge in [-0.1, -0.05) is 105 Å². The average Bonchev–Trinajstić information content (AvgIpc) is 3.37. The molecule has 0 saturated carbocycles. The number of nitrogens with zero attached hydrogens (tertiary/aromatic N) is 2. The number of furan rings is 1. The largest absolute Gasteiger partial charge is 0.501 e. The van der Waals surface area contributed by atoms with E-state index in [1.807, 2.05) is 60.7 Å². The zero-order chi connectivity index (χ0) is 31.7. The Labute approximate surface area is 286 Å². The Hall–Kier alpha value is -2.72. The summed E-state index contributed by atoms with van der Waals surface area (Å²) in [6, 6.07) is 34.9. The van der Waals surface area contributed by atoms with Gasteiger partial charge >= 0.3 is 0 Å². The van der Waals surface area contributed by atoms with Crippen LogP contribution in [0.3, 0.4) is 0 Å². The van der Waals surface area contributed by atoms with Crippen molar-refractivity contribution in [3.63, 3.8) is 0 Å². The van der Waals surface area contributed by atoms with Gasteiger partial charge in [0, 0.05) is 61.4 Å². The second-order valence-electron chi connectivity index (χ2n) is 13.8. The van der Waals surface area contributed by atoms with Crippen LogP contribution in [0.1, 0.15) is 5.56 Å². The van der Waals surface area contributed by atoms with Gasteiger partial charge in [0.15, 0.2) is 0 Å². The van der Waals surface area contributed by atoms with Gasteiger partial charge in [-0.3, -0.25) is 0 Å². The predicted molar refractivity (Wildman–Crippen MR) is 199 cm³/mol. The van der Waals surface area contributed by atoms with Crippen LogP contribution >= 0.6 is 0 Å². The Morgan fingerprint density at radius 1 is 0.711 bits per heavy atom. The SMILES string of the molecule is Cc1cc(-c2[c-]ccc3c2oc2ccccc23)ncc1[Si]([Si](C)C)([Si](C)(C)C)[Si](C)(C)C.[Ir].[c-]1ccccc1-c1ccccn1.